The smallest absolute Gasteiger partial charge is 0.329 e. The maximum atomic E-state index is 12.5. The molecule has 0 radical (unpaired) electrons. The molecule has 0 aromatic rings. The normalized spacial score (nSPS) is 17.4. The van der Waals surface area contributed by atoms with Crippen molar-refractivity contribution in [3.05, 3.63) is 0 Å². The number of esters is 1. The summed E-state index contributed by atoms with van der Waals surface area (Å²) in [6.07, 6.45) is 19.7. The van der Waals surface area contributed by atoms with Gasteiger partial charge in [-0.2, -0.15) is 0 Å². The molecule has 7 nitrogen and oxygen atoms in total. The second kappa shape index (κ2) is 23.3. The lowest BCUT2D eigenvalue weighted by Crippen LogP contribution is -2.29. The van der Waals surface area contributed by atoms with E-state index in [1.165, 1.54) is 70.6 Å². The molecule has 38 heavy (non-hydrogen) atoms. The predicted molar refractivity (Wildman–Crippen MR) is 157 cm³/mol. The maximum Gasteiger partial charge on any atom is 0.329 e. The zero-order valence-corrected chi connectivity index (χ0v) is 25.9. The fraction of sp³-hybridized carbons (Fsp3) is 0.967. The fourth-order valence-corrected chi connectivity index (χ4v) is 6.10. The summed E-state index contributed by atoms with van der Waals surface area (Å²) in [6.45, 7) is 9.61. The Balaban J connectivity index is 2.25. The minimum absolute atomic E-state index is 0.0978. The molecule has 1 aliphatic heterocycles. The lowest BCUT2D eigenvalue weighted by molar-refractivity contribution is -0.154. The second-order valence-electron chi connectivity index (χ2n) is 11.2. The minimum atomic E-state index is -3.74. The number of hydrogen-bond donors (Lipinski definition) is 1. The molecular formula is C30H60NO6P. The van der Waals surface area contributed by atoms with Crippen molar-refractivity contribution in [1.29, 1.82) is 0 Å². The van der Waals surface area contributed by atoms with Crippen molar-refractivity contribution in [2.45, 2.75) is 136 Å². The summed E-state index contributed by atoms with van der Waals surface area (Å²) in [5.74, 6) is 0.326. The molecule has 0 aromatic heterocycles. The highest BCUT2D eigenvalue weighted by molar-refractivity contribution is 7.52. The summed E-state index contributed by atoms with van der Waals surface area (Å²) in [5.41, 5.74) is 0. The Kier molecular flexibility index (Phi) is 21.8. The van der Waals surface area contributed by atoms with Gasteiger partial charge < -0.3 is 23.8 Å². The molecule has 1 fully saturated rings. The molecule has 1 saturated heterocycles. The molecule has 1 N–H and O–H groups in total. The molecule has 3 unspecified atom stereocenters. The van der Waals surface area contributed by atoms with Crippen molar-refractivity contribution in [3.8, 4) is 0 Å². The highest BCUT2D eigenvalue weighted by Crippen LogP contribution is 2.42. The van der Waals surface area contributed by atoms with Crippen molar-refractivity contribution in [3.63, 3.8) is 0 Å². The number of carbonyl (C=O) groups excluding carboxylic acids is 1. The van der Waals surface area contributed by atoms with Gasteiger partial charge in [-0.3, -0.25) is 9.36 Å². The van der Waals surface area contributed by atoms with Gasteiger partial charge in [-0.25, -0.2) is 0 Å². The van der Waals surface area contributed by atoms with Crippen LogP contribution in [0.15, 0.2) is 0 Å². The number of ether oxygens (including phenoxy) is 2. The second-order valence-corrected chi connectivity index (χ2v) is 13.2. The number of hydrogen-bond acceptors (Lipinski definition) is 6. The summed E-state index contributed by atoms with van der Waals surface area (Å²) in [6, 6.07) is 0. The Morgan fingerprint density at radius 1 is 0.868 bits per heavy atom. The van der Waals surface area contributed by atoms with Crippen LogP contribution in [0.4, 0.5) is 0 Å². The van der Waals surface area contributed by atoms with Crippen molar-refractivity contribution < 1.29 is 28.3 Å². The molecule has 0 amide bonds. The van der Waals surface area contributed by atoms with Crippen LogP contribution in [-0.4, -0.2) is 67.5 Å². The average Bonchev–Trinajstić information content (AvgIpc) is 3.42. The molecule has 1 rings (SSSR count). The van der Waals surface area contributed by atoms with E-state index in [4.69, 9.17) is 14.0 Å². The van der Waals surface area contributed by atoms with Crippen LogP contribution >= 0.6 is 7.60 Å². The molecule has 0 bridgehead atoms. The molecule has 3 atom stereocenters. The van der Waals surface area contributed by atoms with Crippen molar-refractivity contribution in [2.75, 3.05) is 45.6 Å². The first-order valence-electron chi connectivity index (χ1n) is 15.9. The van der Waals surface area contributed by atoms with Gasteiger partial charge in [0.2, 0.25) is 0 Å². The molecule has 0 saturated carbocycles. The lowest BCUT2D eigenvalue weighted by atomic mass is 9.95. The topological polar surface area (TPSA) is 85.3 Å². The Labute approximate surface area is 234 Å². The third kappa shape index (κ3) is 19.6. The molecule has 0 spiro atoms. The molecular weight excluding hydrogens is 501 g/mol. The third-order valence-electron chi connectivity index (χ3n) is 7.63. The summed E-state index contributed by atoms with van der Waals surface area (Å²) in [5, 5.41) is 0. The summed E-state index contributed by atoms with van der Waals surface area (Å²) >= 11 is 0. The van der Waals surface area contributed by atoms with Crippen molar-refractivity contribution in [2.24, 2.45) is 5.92 Å². The number of likely N-dealkylation sites (tertiary alicyclic amines) is 1. The van der Waals surface area contributed by atoms with E-state index in [0.29, 0.717) is 31.9 Å². The molecule has 0 aromatic carbocycles. The highest BCUT2D eigenvalue weighted by Gasteiger charge is 2.25. The molecule has 8 heteroatoms. The van der Waals surface area contributed by atoms with E-state index in [9.17, 15) is 14.3 Å². The van der Waals surface area contributed by atoms with Gasteiger partial charge in [-0.1, -0.05) is 97.8 Å². The van der Waals surface area contributed by atoms with Crippen LogP contribution in [-0.2, 0) is 23.4 Å². The van der Waals surface area contributed by atoms with E-state index in [2.05, 4.69) is 18.7 Å². The van der Waals surface area contributed by atoms with Crippen LogP contribution in [0.25, 0.3) is 0 Å². The van der Waals surface area contributed by atoms with E-state index in [0.717, 1.165) is 38.8 Å². The van der Waals surface area contributed by atoms with Gasteiger partial charge in [-0.05, 0) is 44.7 Å². The van der Waals surface area contributed by atoms with E-state index >= 15 is 0 Å². The molecule has 226 valence electrons. The first-order valence-corrected chi connectivity index (χ1v) is 17.6. The highest BCUT2D eigenvalue weighted by atomic mass is 31.2. The number of carbonyl (C=O) groups is 1. The zero-order chi connectivity index (χ0) is 27.9. The largest absolute Gasteiger partial charge is 0.457 e. The number of rotatable bonds is 26. The predicted octanol–water partition coefficient (Wildman–Crippen LogP) is 7.74. The van der Waals surface area contributed by atoms with Crippen LogP contribution < -0.4 is 0 Å². The van der Waals surface area contributed by atoms with Gasteiger partial charge in [0.1, 0.15) is 6.10 Å². The van der Waals surface area contributed by atoms with Crippen molar-refractivity contribution in [1.82, 2.24) is 4.90 Å². The maximum absolute atomic E-state index is 12.5. The lowest BCUT2D eigenvalue weighted by Gasteiger charge is -2.22. The SMILES string of the molecule is CCCCCCCCCCCCC(CC)CCOCC(COP(=O)(O)CCN1CCCC1)OC(=O)CCC. The summed E-state index contributed by atoms with van der Waals surface area (Å²) in [4.78, 5) is 24.5. The average molecular weight is 562 g/mol. The quantitative estimate of drug-likeness (QED) is 0.0657. The van der Waals surface area contributed by atoms with E-state index < -0.39 is 13.7 Å². The van der Waals surface area contributed by atoms with Crippen molar-refractivity contribution >= 4 is 13.6 Å². The Morgan fingerprint density at radius 2 is 1.50 bits per heavy atom. The number of unbranched alkanes of at least 4 members (excludes halogenated alkanes) is 9. The Hall–Kier alpha value is -0.460. The monoisotopic (exact) mass is 561 g/mol. The first kappa shape index (κ1) is 35.6. The van der Waals surface area contributed by atoms with Crippen LogP contribution in [0.5, 0.6) is 0 Å². The fourth-order valence-electron chi connectivity index (χ4n) is 5.04. The summed E-state index contributed by atoms with van der Waals surface area (Å²) in [7, 11) is -3.74. The van der Waals surface area contributed by atoms with Crippen LogP contribution in [0, 0.1) is 5.92 Å². The standard InChI is InChI=1S/C30H60NO6P/c1-4-7-8-9-10-11-12-13-14-15-19-28(6-3)20-24-35-26-29(37-30(32)18-5-2)27-36-38(33,34)25-23-31-21-16-17-22-31/h28-29H,4-27H2,1-3H3,(H,33,34). The number of nitrogens with zero attached hydrogens (tertiary/aromatic N) is 1. The van der Waals surface area contributed by atoms with E-state index in [-0.39, 0.29) is 25.3 Å². The van der Waals surface area contributed by atoms with Crippen LogP contribution in [0.1, 0.15) is 130 Å². The van der Waals surface area contributed by atoms with Crippen LogP contribution in [0.2, 0.25) is 0 Å². The molecule has 0 aliphatic carbocycles. The Morgan fingerprint density at radius 3 is 2.11 bits per heavy atom. The van der Waals surface area contributed by atoms with Crippen LogP contribution in [0.3, 0.4) is 0 Å². The minimum Gasteiger partial charge on any atom is -0.457 e. The zero-order valence-electron chi connectivity index (χ0n) is 25.0. The summed E-state index contributed by atoms with van der Waals surface area (Å²) < 4.78 is 29.3. The van der Waals surface area contributed by atoms with Gasteiger partial charge in [0.25, 0.3) is 0 Å². The van der Waals surface area contributed by atoms with Gasteiger partial charge in [0.15, 0.2) is 0 Å². The van der Waals surface area contributed by atoms with Gasteiger partial charge in [-0.15, -0.1) is 0 Å². The Bertz CT molecular complexity index is 614. The van der Waals surface area contributed by atoms with Gasteiger partial charge in [0, 0.05) is 19.6 Å². The van der Waals surface area contributed by atoms with E-state index in [1.807, 2.05) is 6.92 Å². The molecule has 1 heterocycles. The van der Waals surface area contributed by atoms with Gasteiger partial charge >= 0.3 is 13.6 Å². The molecule has 1 aliphatic rings. The van der Waals surface area contributed by atoms with Gasteiger partial charge in [0.05, 0.1) is 19.4 Å². The van der Waals surface area contributed by atoms with E-state index in [1.54, 1.807) is 0 Å². The first-order chi connectivity index (χ1) is 18.4. The third-order valence-corrected chi connectivity index (χ3v) is 8.95.